The zero-order valence-corrected chi connectivity index (χ0v) is 10.7. The monoisotopic (exact) mass is 237 g/mol. The van der Waals surface area contributed by atoms with Crippen molar-refractivity contribution in [2.24, 2.45) is 5.92 Å². The zero-order chi connectivity index (χ0) is 11.4. The molecular weight excluding hydrogens is 218 g/mol. The molecule has 0 unspecified atom stereocenters. The lowest BCUT2D eigenvalue weighted by Crippen LogP contribution is -2.07. The molecule has 1 saturated carbocycles. The Bertz CT molecular complexity index is 343. The van der Waals surface area contributed by atoms with Gasteiger partial charge in [0, 0.05) is 17.3 Å². The second-order valence-corrected chi connectivity index (χ2v) is 5.19. The summed E-state index contributed by atoms with van der Waals surface area (Å²) in [7, 11) is 0. The molecule has 1 N–H and O–H groups in total. The molecule has 1 aliphatic rings. The van der Waals surface area contributed by atoms with Gasteiger partial charge in [-0.15, -0.1) is 0 Å². The summed E-state index contributed by atoms with van der Waals surface area (Å²) in [6, 6.07) is 6.06. The van der Waals surface area contributed by atoms with E-state index in [4.69, 9.17) is 11.6 Å². The molecule has 2 rings (SSSR count). The van der Waals surface area contributed by atoms with E-state index in [0.29, 0.717) is 0 Å². The summed E-state index contributed by atoms with van der Waals surface area (Å²) < 4.78 is 0. The second kappa shape index (κ2) is 5.58. The van der Waals surface area contributed by atoms with E-state index in [9.17, 15) is 0 Å². The summed E-state index contributed by atoms with van der Waals surface area (Å²) in [4.78, 5) is 0. The first-order chi connectivity index (χ1) is 7.77. The van der Waals surface area contributed by atoms with Crippen LogP contribution in [0.25, 0.3) is 0 Å². The molecule has 1 fully saturated rings. The third-order valence-electron chi connectivity index (χ3n) is 3.61. The Labute approximate surface area is 103 Å². The maximum atomic E-state index is 6.08. The van der Waals surface area contributed by atoms with Gasteiger partial charge < -0.3 is 5.32 Å². The van der Waals surface area contributed by atoms with Gasteiger partial charge in [0.25, 0.3) is 0 Å². The maximum absolute atomic E-state index is 6.08. The third kappa shape index (κ3) is 2.91. The zero-order valence-electron chi connectivity index (χ0n) is 9.93. The molecule has 0 bridgehead atoms. The summed E-state index contributed by atoms with van der Waals surface area (Å²) in [5.74, 6) is 0.951. The molecule has 1 aliphatic carbocycles. The number of hydrogen-bond acceptors (Lipinski definition) is 1. The Balaban J connectivity index is 1.82. The summed E-state index contributed by atoms with van der Waals surface area (Å²) in [6.45, 7) is 3.14. The minimum absolute atomic E-state index is 0.853. The first-order valence-corrected chi connectivity index (χ1v) is 6.64. The van der Waals surface area contributed by atoms with Crippen LogP contribution in [0.5, 0.6) is 0 Å². The molecule has 0 heterocycles. The lowest BCUT2D eigenvalue weighted by atomic mass is 10.0. The van der Waals surface area contributed by atoms with Crippen molar-refractivity contribution >= 4 is 17.3 Å². The molecule has 0 amide bonds. The molecule has 88 valence electrons. The van der Waals surface area contributed by atoms with Gasteiger partial charge in [-0.05, 0) is 37.0 Å². The van der Waals surface area contributed by atoms with Crippen molar-refractivity contribution in [2.45, 2.75) is 39.0 Å². The molecule has 16 heavy (non-hydrogen) atoms. The highest BCUT2D eigenvalue weighted by Gasteiger charge is 2.14. The fourth-order valence-electron chi connectivity index (χ4n) is 2.51. The molecule has 0 spiro atoms. The quantitative estimate of drug-likeness (QED) is 0.805. The highest BCUT2D eigenvalue weighted by molar-refractivity contribution is 6.31. The Hall–Kier alpha value is -0.690. The largest absolute Gasteiger partial charge is 0.385 e. The van der Waals surface area contributed by atoms with Gasteiger partial charge in [0.2, 0.25) is 0 Å². The molecule has 0 aliphatic heterocycles. The lowest BCUT2D eigenvalue weighted by molar-refractivity contribution is 0.518. The van der Waals surface area contributed by atoms with E-state index in [1.165, 1.54) is 37.8 Å². The summed E-state index contributed by atoms with van der Waals surface area (Å²) >= 11 is 6.08. The summed E-state index contributed by atoms with van der Waals surface area (Å²) in [6.07, 6.45) is 7.01. The van der Waals surface area contributed by atoms with Crippen LogP contribution in [0.2, 0.25) is 5.02 Å². The van der Waals surface area contributed by atoms with E-state index >= 15 is 0 Å². The topological polar surface area (TPSA) is 12.0 Å². The van der Waals surface area contributed by atoms with E-state index in [1.807, 2.05) is 12.1 Å². The number of benzene rings is 1. The van der Waals surface area contributed by atoms with E-state index in [-0.39, 0.29) is 0 Å². The normalized spacial score (nSPS) is 16.6. The van der Waals surface area contributed by atoms with Crippen molar-refractivity contribution in [2.75, 3.05) is 11.9 Å². The van der Waals surface area contributed by atoms with Crippen molar-refractivity contribution in [3.05, 3.63) is 28.8 Å². The molecule has 0 aromatic heterocycles. The predicted octanol–water partition coefficient (Wildman–Crippen LogP) is 4.64. The number of anilines is 1. The van der Waals surface area contributed by atoms with Crippen LogP contribution in [0.4, 0.5) is 5.69 Å². The van der Waals surface area contributed by atoms with Crippen LogP contribution >= 0.6 is 11.6 Å². The third-order valence-corrected chi connectivity index (χ3v) is 4.02. The van der Waals surface area contributed by atoms with Gasteiger partial charge in [0.1, 0.15) is 0 Å². The van der Waals surface area contributed by atoms with E-state index < -0.39 is 0 Å². The summed E-state index contributed by atoms with van der Waals surface area (Å²) in [5, 5.41) is 4.35. The fraction of sp³-hybridized carbons (Fsp3) is 0.571. The standard InChI is InChI=1S/C14H20ClN/c1-11-13(15)7-4-8-14(11)16-10-9-12-5-2-3-6-12/h4,7-8,12,16H,2-3,5-6,9-10H2,1H3. The SMILES string of the molecule is Cc1c(Cl)cccc1NCCC1CCCC1. The van der Waals surface area contributed by atoms with Crippen molar-refractivity contribution < 1.29 is 0 Å². The average Bonchev–Trinajstić information content (AvgIpc) is 2.77. The van der Waals surface area contributed by atoms with Crippen molar-refractivity contribution in [3.63, 3.8) is 0 Å². The van der Waals surface area contributed by atoms with Crippen molar-refractivity contribution in [3.8, 4) is 0 Å². The second-order valence-electron chi connectivity index (χ2n) is 4.78. The first kappa shape index (κ1) is 11.8. The molecule has 0 saturated heterocycles. The number of hydrogen-bond donors (Lipinski definition) is 1. The van der Waals surface area contributed by atoms with E-state index in [1.54, 1.807) is 0 Å². The maximum Gasteiger partial charge on any atom is 0.0455 e. The molecular formula is C14H20ClN. The summed E-state index contributed by atoms with van der Waals surface area (Å²) in [5.41, 5.74) is 2.35. The van der Waals surface area contributed by atoms with Gasteiger partial charge in [-0.1, -0.05) is 43.4 Å². The Morgan fingerprint density at radius 3 is 2.81 bits per heavy atom. The van der Waals surface area contributed by atoms with Crippen LogP contribution in [0.15, 0.2) is 18.2 Å². The molecule has 1 aromatic carbocycles. The Morgan fingerprint density at radius 1 is 1.31 bits per heavy atom. The van der Waals surface area contributed by atoms with Gasteiger partial charge in [-0.2, -0.15) is 0 Å². The number of rotatable bonds is 4. The minimum atomic E-state index is 0.853. The number of halogens is 1. The van der Waals surface area contributed by atoms with Crippen LogP contribution in [-0.2, 0) is 0 Å². The molecule has 0 radical (unpaired) electrons. The molecule has 1 nitrogen and oxygen atoms in total. The molecule has 1 aromatic rings. The first-order valence-electron chi connectivity index (χ1n) is 6.26. The van der Waals surface area contributed by atoms with Crippen LogP contribution < -0.4 is 5.32 Å². The molecule has 0 atom stereocenters. The minimum Gasteiger partial charge on any atom is -0.385 e. The Kier molecular flexibility index (Phi) is 4.11. The van der Waals surface area contributed by atoms with Gasteiger partial charge in [-0.25, -0.2) is 0 Å². The highest BCUT2D eigenvalue weighted by atomic mass is 35.5. The van der Waals surface area contributed by atoms with Gasteiger partial charge in [0.15, 0.2) is 0 Å². The van der Waals surface area contributed by atoms with E-state index in [2.05, 4.69) is 18.3 Å². The van der Waals surface area contributed by atoms with Gasteiger partial charge in [0.05, 0.1) is 0 Å². The van der Waals surface area contributed by atoms with Crippen LogP contribution in [0.3, 0.4) is 0 Å². The molecule has 2 heteroatoms. The highest BCUT2D eigenvalue weighted by Crippen LogP contribution is 2.28. The van der Waals surface area contributed by atoms with Crippen molar-refractivity contribution in [1.82, 2.24) is 0 Å². The smallest absolute Gasteiger partial charge is 0.0455 e. The van der Waals surface area contributed by atoms with E-state index in [0.717, 1.165) is 23.0 Å². The van der Waals surface area contributed by atoms with Crippen LogP contribution in [0.1, 0.15) is 37.7 Å². The van der Waals surface area contributed by atoms with Crippen LogP contribution in [0, 0.1) is 12.8 Å². The van der Waals surface area contributed by atoms with Gasteiger partial charge >= 0.3 is 0 Å². The van der Waals surface area contributed by atoms with Crippen molar-refractivity contribution in [1.29, 1.82) is 0 Å². The number of nitrogens with one attached hydrogen (secondary N) is 1. The van der Waals surface area contributed by atoms with Gasteiger partial charge in [-0.3, -0.25) is 0 Å². The fourth-order valence-corrected chi connectivity index (χ4v) is 2.68. The predicted molar refractivity (Wildman–Crippen MR) is 71.3 cm³/mol. The Morgan fingerprint density at radius 2 is 2.06 bits per heavy atom. The average molecular weight is 238 g/mol. The lowest BCUT2D eigenvalue weighted by Gasteiger charge is -2.13. The van der Waals surface area contributed by atoms with Crippen LogP contribution in [-0.4, -0.2) is 6.54 Å².